The molecule has 2 aromatic carbocycles. The summed E-state index contributed by atoms with van der Waals surface area (Å²) in [5.41, 5.74) is 6.94. The van der Waals surface area contributed by atoms with Gasteiger partial charge < -0.3 is 25.5 Å². The standard InChI is InChI=1S/C32H31ClN6O2.C6H13NO.CH2O/c1-4-27-23(16-24-19-36-39(5-2)30(24)38-27)18-35-32(41)29-11-7-10-28(37-29)31(40)34-17-21-12-13-26(33)25(15-21)22-9-6-8-20(3)14-22;1-7-6-2-4-8-5-3-6;1-2/h6-16,19H,4-5,17-18H2,1-3H3,(H,34,40)(H,35,41);6-7H,2-5H2,1H3;1H2. The molecule has 0 aliphatic carbocycles. The van der Waals surface area contributed by atoms with Gasteiger partial charge in [-0.2, -0.15) is 5.10 Å². The van der Waals surface area contributed by atoms with E-state index < -0.39 is 0 Å². The van der Waals surface area contributed by atoms with Gasteiger partial charge >= 0.3 is 0 Å². The number of carbonyl (C=O) groups is 3. The number of hydrogen-bond acceptors (Lipinski definition) is 8. The Morgan fingerprint density at radius 2 is 1.61 bits per heavy atom. The highest BCUT2D eigenvalue weighted by Gasteiger charge is 2.15. The van der Waals surface area contributed by atoms with E-state index in [0.29, 0.717) is 17.6 Å². The van der Waals surface area contributed by atoms with Crippen LogP contribution in [0.25, 0.3) is 22.2 Å². The molecule has 0 saturated carbocycles. The second-order valence-corrected chi connectivity index (χ2v) is 12.4. The number of nitrogens with zero attached hydrogens (tertiary/aromatic N) is 4. The van der Waals surface area contributed by atoms with Crippen LogP contribution < -0.4 is 16.0 Å². The van der Waals surface area contributed by atoms with Crippen molar-refractivity contribution in [2.45, 2.75) is 65.7 Å². The minimum atomic E-state index is -0.373. The average Bonchev–Trinajstić information content (AvgIpc) is 3.59. The Labute approximate surface area is 304 Å². The quantitative estimate of drug-likeness (QED) is 0.158. The van der Waals surface area contributed by atoms with Crippen LogP contribution in [0.3, 0.4) is 0 Å². The van der Waals surface area contributed by atoms with E-state index in [0.717, 1.165) is 70.7 Å². The number of carbonyl (C=O) groups excluding carboxylic acids is 3. The molecule has 1 aliphatic rings. The molecule has 4 heterocycles. The van der Waals surface area contributed by atoms with Crippen molar-refractivity contribution in [3.05, 3.63) is 112 Å². The van der Waals surface area contributed by atoms with Crippen LogP contribution in [0.1, 0.15) is 70.1 Å². The van der Waals surface area contributed by atoms with E-state index in [1.54, 1.807) is 24.4 Å². The van der Waals surface area contributed by atoms with Gasteiger partial charge in [-0.25, -0.2) is 14.6 Å². The number of amides is 2. The van der Waals surface area contributed by atoms with Crippen LogP contribution in [-0.2, 0) is 35.6 Å². The molecule has 2 amide bonds. The second-order valence-electron chi connectivity index (χ2n) is 12.0. The lowest BCUT2D eigenvalue weighted by Crippen LogP contribution is -2.31. The Hall–Kier alpha value is -4.97. The van der Waals surface area contributed by atoms with Gasteiger partial charge in [-0.3, -0.25) is 9.59 Å². The third-order valence-corrected chi connectivity index (χ3v) is 8.84. The van der Waals surface area contributed by atoms with E-state index in [2.05, 4.69) is 32.1 Å². The van der Waals surface area contributed by atoms with Gasteiger partial charge in [0.1, 0.15) is 18.2 Å². The fourth-order valence-corrected chi connectivity index (χ4v) is 5.93. The number of aryl methyl sites for hydroxylation is 3. The van der Waals surface area contributed by atoms with E-state index >= 15 is 0 Å². The smallest absolute Gasteiger partial charge is 0.270 e. The molecule has 1 saturated heterocycles. The van der Waals surface area contributed by atoms with Crippen LogP contribution in [0.2, 0.25) is 5.02 Å². The van der Waals surface area contributed by atoms with Crippen molar-refractivity contribution in [2.24, 2.45) is 0 Å². The largest absolute Gasteiger partial charge is 0.381 e. The maximum Gasteiger partial charge on any atom is 0.270 e. The number of ether oxygens (including phenoxy) is 1. The first kappa shape index (κ1) is 38.8. The molecule has 0 unspecified atom stereocenters. The normalized spacial score (nSPS) is 12.6. The summed E-state index contributed by atoms with van der Waals surface area (Å²) >= 11 is 6.46. The highest BCUT2D eigenvalue weighted by Crippen LogP contribution is 2.29. The van der Waals surface area contributed by atoms with Crippen LogP contribution in [0, 0.1) is 6.92 Å². The molecule has 0 spiro atoms. The van der Waals surface area contributed by atoms with Crippen molar-refractivity contribution in [3.63, 3.8) is 0 Å². The van der Waals surface area contributed by atoms with E-state index in [9.17, 15) is 9.59 Å². The molecule has 6 rings (SSSR count). The van der Waals surface area contributed by atoms with Crippen molar-refractivity contribution in [1.82, 2.24) is 35.7 Å². The summed E-state index contributed by atoms with van der Waals surface area (Å²) in [4.78, 5) is 43.0. The molecule has 0 radical (unpaired) electrons. The van der Waals surface area contributed by atoms with E-state index in [-0.39, 0.29) is 29.7 Å². The number of halogens is 1. The molecule has 0 bridgehead atoms. The SMILES string of the molecule is C=O.CCc1nc2c(cnn2CC)cc1CNC(=O)c1cccc(C(=O)NCc2ccc(Cl)c(-c3cccc(C)c3)c2)n1.CNC1CCOCC1. The Bertz CT molecular complexity index is 1920. The Morgan fingerprint density at radius 3 is 2.24 bits per heavy atom. The maximum atomic E-state index is 13.0. The fraction of sp³-hybridized carbons (Fsp3) is 0.333. The summed E-state index contributed by atoms with van der Waals surface area (Å²) in [5, 5.41) is 15.0. The average molecular weight is 712 g/mol. The molecule has 268 valence electrons. The van der Waals surface area contributed by atoms with Crippen molar-refractivity contribution in [1.29, 1.82) is 0 Å². The molecule has 5 aromatic rings. The van der Waals surface area contributed by atoms with Gasteiger partial charge in [0.25, 0.3) is 11.8 Å². The van der Waals surface area contributed by atoms with Gasteiger partial charge in [0, 0.05) is 60.6 Å². The monoisotopic (exact) mass is 711 g/mol. The number of pyridine rings is 2. The summed E-state index contributed by atoms with van der Waals surface area (Å²) in [7, 11) is 2.01. The van der Waals surface area contributed by atoms with Gasteiger partial charge in [-0.15, -0.1) is 0 Å². The summed E-state index contributed by atoms with van der Waals surface area (Å²) in [6.45, 7) is 11.3. The van der Waals surface area contributed by atoms with Crippen LogP contribution in [0.15, 0.2) is 72.9 Å². The Balaban J connectivity index is 0.000000508. The predicted molar refractivity (Wildman–Crippen MR) is 201 cm³/mol. The molecule has 3 N–H and O–H groups in total. The number of aromatic nitrogens is 4. The zero-order valence-electron chi connectivity index (χ0n) is 29.7. The minimum Gasteiger partial charge on any atom is -0.381 e. The Kier molecular flexibility index (Phi) is 14.8. The van der Waals surface area contributed by atoms with E-state index in [1.807, 2.05) is 81.8 Å². The van der Waals surface area contributed by atoms with Crippen molar-refractivity contribution in [3.8, 4) is 11.1 Å². The number of rotatable bonds is 10. The summed E-state index contributed by atoms with van der Waals surface area (Å²) < 4.78 is 7.02. The molecule has 11 nitrogen and oxygen atoms in total. The predicted octanol–water partition coefficient (Wildman–Crippen LogP) is 6.10. The minimum absolute atomic E-state index is 0.162. The molecule has 3 aromatic heterocycles. The maximum absolute atomic E-state index is 13.0. The van der Waals surface area contributed by atoms with Crippen LogP contribution >= 0.6 is 11.6 Å². The highest BCUT2D eigenvalue weighted by molar-refractivity contribution is 6.33. The summed E-state index contributed by atoms with van der Waals surface area (Å²) in [6, 6.07) is 21.3. The lowest BCUT2D eigenvalue weighted by molar-refractivity contribution is -0.0980. The van der Waals surface area contributed by atoms with Gasteiger partial charge in [-0.1, -0.05) is 60.5 Å². The molecular formula is C39H46ClN7O4. The summed E-state index contributed by atoms with van der Waals surface area (Å²) in [5.74, 6) is -0.742. The van der Waals surface area contributed by atoms with Crippen molar-refractivity contribution < 1.29 is 19.1 Å². The fourth-order valence-electron chi connectivity index (χ4n) is 5.71. The third-order valence-electron chi connectivity index (χ3n) is 8.51. The Morgan fingerprint density at radius 1 is 0.922 bits per heavy atom. The van der Waals surface area contributed by atoms with Crippen molar-refractivity contribution >= 4 is 41.2 Å². The lowest BCUT2D eigenvalue weighted by atomic mass is 10.0. The van der Waals surface area contributed by atoms with Crippen molar-refractivity contribution in [2.75, 3.05) is 20.3 Å². The third kappa shape index (κ3) is 10.5. The highest BCUT2D eigenvalue weighted by atomic mass is 35.5. The summed E-state index contributed by atoms with van der Waals surface area (Å²) in [6.07, 6.45) is 4.87. The van der Waals surface area contributed by atoms with E-state index in [4.69, 9.17) is 26.1 Å². The first-order chi connectivity index (χ1) is 24.8. The number of fused-ring (bicyclic) bond motifs is 1. The van der Waals surface area contributed by atoms with Gasteiger partial charge in [0.15, 0.2) is 5.65 Å². The van der Waals surface area contributed by atoms with Gasteiger partial charge in [0.2, 0.25) is 0 Å². The molecule has 0 atom stereocenters. The van der Waals surface area contributed by atoms with Crippen LogP contribution in [-0.4, -0.2) is 64.7 Å². The number of nitrogens with one attached hydrogen (secondary N) is 3. The number of hydrogen-bond donors (Lipinski definition) is 3. The van der Waals surface area contributed by atoms with E-state index in [1.165, 1.54) is 12.8 Å². The molecule has 1 fully saturated rings. The molecule has 12 heteroatoms. The van der Waals surface area contributed by atoms with Crippen LogP contribution in [0.5, 0.6) is 0 Å². The number of benzene rings is 2. The van der Waals surface area contributed by atoms with Gasteiger partial charge in [0.05, 0.1) is 6.20 Å². The second kappa shape index (κ2) is 19.4. The van der Waals surface area contributed by atoms with Crippen LogP contribution in [0.4, 0.5) is 0 Å². The topological polar surface area (TPSA) is 140 Å². The molecular weight excluding hydrogens is 666 g/mol. The first-order valence-electron chi connectivity index (χ1n) is 17.1. The molecule has 1 aliphatic heterocycles. The lowest BCUT2D eigenvalue weighted by Gasteiger charge is -2.20. The molecule has 51 heavy (non-hydrogen) atoms. The van der Waals surface area contributed by atoms with Gasteiger partial charge in [-0.05, 0) is 87.2 Å². The first-order valence-corrected chi connectivity index (χ1v) is 17.4. The zero-order valence-corrected chi connectivity index (χ0v) is 30.4. The zero-order chi connectivity index (χ0) is 36.8.